The summed E-state index contributed by atoms with van der Waals surface area (Å²) in [4.78, 5) is 10.5. The van der Waals surface area contributed by atoms with Crippen molar-refractivity contribution in [1.82, 2.24) is 0 Å². The van der Waals surface area contributed by atoms with Crippen LogP contribution in [0.5, 0.6) is 0 Å². The van der Waals surface area contributed by atoms with Gasteiger partial charge in [-0.15, -0.1) is 6.58 Å². The average Bonchev–Trinajstić information content (AvgIpc) is 2.05. The van der Waals surface area contributed by atoms with Gasteiger partial charge in [-0.05, 0) is 6.42 Å². The zero-order valence-corrected chi connectivity index (χ0v) is 9.60. The van der Waals surface area contributed by atoms with E-state index in [1.165, 1.54) is 7.11 Å². The summed E-state index contributed by atoms with van der Waals surface area (Å²) in [7, 11) is 10.9. The van der Waals surface area contributed by atoms with Crippen molar-refractivity contribution in [2.75, 3.05) is 7.11 Å². The van der Waals surface area contributed by atoms with Gasteiger partial charge >= 0.3 is 41.0 Å². The predicted octanol–water partition coefficient (Wildman–Crippen LogP) is 1.44. The molecule has 12 heavy (non-hydrogen) atoms. The third kappa shape index (κ3) is 10.4. The molecule has 3 nitrogen and oxygen atoms in total. The van der Waals surface area contributed by atoms with Crippen LogP contribution in [0.2, 0.25) is 0 Å². The third-order valence-corrected chi connectivity index (χ3v) is 0.925. The Balaban J connectivity index is 0. The van der Waals surface area contributed by atoms with Gasteiger partial charge in [-0.1, -0.05) is 6.08 Å². The molecule has 0 bridgehead atoms. The van der Waals surface area contributed by atoms with Gasteiger partial charge in [0.05, 0.1) is 7.11 Å². The van der Waals surface area contributed by atoms with Gasteiger partial charge in [0.15, 0.2) is 0 Å². The second-order valence-corrected chi connectivity index (χ2v) is 4.06. The van der Waals surface area contributed by atoms with Crippen LogP contribution in [0, 0.1) is 0 Å². The van der Waals surface area contributed by atoms with Crippen LogP contribution in [0.15, 0.2) is 12.7 Å². The number of halogens is 2. The van der Waals surface area contributed by atoms with E-state index in [4.69, 9.17) is 24.8 Å². The number of nitrogens with two attached hydrogens (primary N) is 1. The molecule has 0 saturated carbocycles. The number of carbonyl (C=O) groups excluding carboxylic acids is 1. The fraction of sp³-hybridized carbons (Fsp3) is 0.500. The van der Waals surface area contributed by atoms with E-state index in [0.717, 1.165) is 0 Å². The van der Waals surface area contributed by atoms with E-state index in [9.17, 15) is 4.79 Å². The number of methoxy groups -OCH3 is 1. The number of hydrogen-bond donors (Lipinski definition) is 1. The summed E-state index contributed by atoms with van der Waals surface area (Å²) in [5.41, 5.74) is 5.29. The van der Waals surface area contributed by atoms with Crippen molar-refractivity contribution in [2.45, 2.75) is 12.5 Å². The zero-order chi connectivity index (χ0) is 9.98. The number of hydrogen-bond acceptors (Lipinski definition) is 3. The molecule has 0 aliphatic rings. The molecule has 76 valence electrons. The number of carbonyl (C=O) groups is 1. The van der Waals surface area contributed by atoms with Gasteiger partial charge < -0.3 is 10.5 Å². The van der Waals surface area contributed by atoms with E-state index >= 15 is 0 Å². The summed E-state index contributed by atoms with van der Waals surface area (Å²) in [6, 6.07) is -0.549. The summed E-state index contributed by atoms with van der Waals surface area (Å²) in [5.74, 6) is -0.394. The molecule has 6 heteroatoms. The van der Waals surface area contributed by atoms with Crippen LogP contribution >= 0.6 is 19.1 Å². The van der Waals surface area contributed by atoms with Gasteiger partial charge in [0.2, 0.25) is 0 Å². The molecule has 0 fully saturated rings. The summed E-state index contributed by atoms with van der Waals surface area (Å²) in [6.07, 6.45) is 2.05. The van der Waals surface area contributed by atoms with E-state index in [-0.39, 0.29) is 15.9 Å². The van der Waals surface area contributed by atoms with Crippen LogP contribution < -0.4 is 5.73 Å². The van der Waals surface area contributed by atoms with Crippen LogP contribution in [0.25, 0.3) is 0 Å². The summed E-state index contributed by atoms with van der Waals surface area (Å²) < 4.78 is 4.35. The van der Waals surface area contributed by atoms with Gasteiger partial charge in [-0.3, -0.25) is 4.79 Å². The molecule has 0 saturated heterocycles. The first-order chi connectivity index (χ1) is 5.63. The normalized spacial score (nSPS) is 11.0. The van der Waals surface area contributed by atoms with Gasteiger partial charge in [-0.2, -0.15) is 0 Å². The van der Waals surface area contributed by atoms with Gasteiger partial charge in [0, 0.05) is 0 Å². The molecule has 0 aromatic carbocycles. The van der Waals surface area contributed by atoms with Crippen LogP contribution in [0.1, 0.15) is 6.42 Å². The zero-order valence-electron chi connectivity index (χ0n) is 6.53. The van der Waals surface area contributed by atoms with Crippen molar-refractivity contribution in [1.29, 1.82) is 0 Å². The number of ether oxygens (including phenoxy) is 1. The molecule has 0 heterocycles. The molecule has 0 aromatic heterocycles. The SMILES string of the molecule is C=CCC(N)C(=O)OC.[Cl][Pd][Cl]. The van der Waals surface area contributed by atoms with Gasteiger partial charge in [0.25, 0.3) is 0 Å². The minimum absolute atomic E-state index is 0.106. The Morgan fingerprint density at radius 3 is 2.50 bits per heavy atom. The van der Waals surface area contributed by atoms with E-state index in [1.807, 2.05) is 0 Å². The Bertz CT molecular complexity index is 135. The minimum atomic E-state index is -0.549. The molecule has 0 radical (unpaired) electrons. The second kappa shape index (κ2) is 11.4. The Hall–Kier alpha value is 0.412. The van der Waals surface area contributed by atoms with Gasteiger partial charge in [0.1, 0.15) is 6.04 Å². The maximum atomic E-state index is 10.5. The Morgan fingerprint density at radius 1 is 1.83 bits per heavy atom. The van der Waals surface area contributed by atoms with E-state index < -0.39 is 12.0 Å². The van der Waals surface area contributed by atoms with E-state index in [2.05, 4.69) is 11.3 Å². The molecule has 0 amide bonds. The monoisotopic (exact) mass is 305 g/mol. The average molecular weight is 306 g/mol. The van der Waals surface area contributed by atoms with Crippen molar-refractivity contribution >= 4 is 25.0 Å². The molecule has 2 N–H and O–H groups in total. The topological polar surface area (TPSA) is 52.3 Å². The van der Waals surface area contributed by atoms with Crippen molar-refractivity contribution in [3.8, 4) is 0 Å². The van der Waals surface area contributed by atoms with Crippen molar-refractivity contribution in [3.63, 3.8) is 0 Å². The molecule has 0 spiro atoms. The summed E-state index contributed by atoms with van der Waals surface area (Å²) in [5, 5.41) is 0. The van der Waals surface area contributed by atoms with Crippen LogP contribution in [-0.4, -0.2) is 19.1 Å². The molecule has 1 atom stereocenters. The first-order valence-electron chi connectivity index (χ1n) is 2.90. The summed E-state index contributed by atoms with van der Waals surface area (Å²) in [6.45, 7) is 3.43. The molecule has 0 aromatic rings. The number of esters is 1. The Labute approximate surface area is 88.3 Å². The van der Waals surface area contributed by atoms with Crippen LogP contribution in [0.4, 0.5) is 0 Å². The second-order valence-electron chi connectivity index (χ2n) is 1.70. The van der Waals surface area contributed by atoms with Crippen LogP contribution in [-0.2, 0) is 25.5 Å². The standard InChI is InChI=1S/C6H11NO2.2ClH.Pd/c1-3-4-5(7)6(8)9-2;;;/h3,5H,1,4,7H2,2H3;2*1H;/q;;;+2/p-2. The quantitative estimate of drug-likeness (QED) is 0.488. The molecular weight excluding hydrogens is 295 g/mol. The predicted molar refractivity (Wildman–Crippen MR) is 46.5 cm³/mol. The third-order valence-electron chi connectivity index (χ3n) is 0.925. The van der Waals surface area contributed by atoms with E-state index in [1.54, 1.807) is 6.08 Å². The fourth-order valence-corrected chi connectivity index (χ4v) is 0.427. The van der Waals surface area contributed by atoms with Crippen LogP contribution in [0.3, 0.4) is 0 Å². The van der Waals surface area contributed by atoms with Crippen molar-refractivity contribution in [3.05, 3.63) is 12.7 Å². The number of rotatable bonds is 3. The van der Waals surface area contributed by atoms with Gasteiger partial charge in [-0.25, -0.2) is 0 Å². The first-order valence-corrected chi connectivity index (χ1v) is 6.91. The first kappa shape index (κ1) is 14.9. The van der Waals surface area contributed by atoms with Crippen molar-refractivity contribution in [2.24, 2.45) is 5.73 Å². The Morgan fingerprint density at radius 2 is 2.25 bits per heavy atom. The molecule has 0 rings (SSSR count). The molecule has 0 aliphatic heterocycles. The fourth-order valence-electron chi connectivity index (χ4n) is 0.427. The molecule has 1 unspecified atom stereocenters. The van der Waals surface area contributed by atoms with Crippen molar-refractivity contribution < 1.29 is 25.5 Å². The van der Waals surface area contributed by atoms with E-state index in [0.29, 0.717) is 6.42 Å². The maximum absolute atomic E-state index is 10.5. The molecular formula is C6H11Cl2NO2Pd. The Kier molecular flexibility index (Phi) is 14.2. The molecule has 0 aliphatic carbocycles. The summed E-state index contributed by atoms with van der Waals surface area (Å²) >= 11 is -0.106.